The average Bonchev–Trinajstić information content (AvgIpc) is 2.72. The van der Waals surface area contributed by atoms with Crippen molar-refractivity contribution >= 4 is 11.6 Å². The molecule has 4 heteroatoms. The van der Waals surface area contributed by atoms with Gasteiger partial charge in [0, 0.05) is 6.54 Å². The van der Waals surface area contributed by atoms with Gasteiger partial charge in [-0.15, -0.1) is 0 Å². The van der Waals surface area contributed by atoms with Crippen molar-refractivity contribution in [2.75, 3.05) is 26.2 Å². The lowest BCUT2D eigenvalue weighted by atomic mass is 10.1. The van der Waals surface area contributed by atoms with Crippen LogP contribution in [0.25, 0.3) is 0 Å². The number of halogens is 1. The molecule has 0 amide bonds. The molecule has 1 atom stereocenters. The SMILES string of the molecule is CCC(Oc1ccccc1Cl)c1ccc(OCCCN2CCCCC2)cc1. The fourth-order valence-corrected chi connectivity index (χ4v) is 3.70. The Balaban J connectivity index is 1.47. The number of nitrogens with zero attached hydrogens (tertiary/aromatic N) is 1. The Kier molecular flexibility index (Phi) is 7.85. The number of benzene rings is 2. The zero-order valence-electron chi connectivity index (χ0n) is 16.2. The molecule has 1 aliphatic rings. The highest BCUT2D eigenvalue weighted by molar-refractivity contribution is 6.32. The average molecular weight is 388 g/mol. The number of likely N-dealkylation sites (tertiary alicyclic amines) is 1. The minimum absolute atomic E-state index is 0.0157. The van der Waals surface area contributed by atoms with Gasteiger partial charge in [-0.05, 0) is 68.6 Å². The fourth-order valence-electron chi connectivity index (χ4n) is 3.52. The van der Waals surface area contributed by atoms with E-state index in [1.807, 2.05) is 36.4 Å². The highest BCUT2D eigenvalue weighted by Gasteiger charge is 2.13. The second kappa shape index (κ2) is 10.6. The van der Waals surface area contributed by atoms with Gasteiger partial charge >= 0.3 is 0 Å². The van der Waals surface area contributed by atoms with E-state index < -0.39 is 0 Å². The summed E-state index contributed by atoms with van der Waals surface area (Å²) in [6.45, 7) is 6.52. The van der Waals surface area contributed by atoms with Gasteiger partial charge < -0.3 is 14.4 Å². The van der Waals surface area contributed by atoms with Crippen LogP contribution in [0.2, 0.25) is 5.02 Å². The maximum absolute atomic E-state index is 6.22. The van der Waals surface area contributed by atoms with Crippen LogP contribution in [-0.4, -0.2) is 31.1 Å². The number of rotatable bonds is 9. The first-order chi connectivity index (χ1) is 13.3. The summed E-state index contributed by atoms with van der Waals surface area (Å²) in [4.78, 5) is 2.55. The third kappa shape index (κ3) is 6.15. The predicted molar refractivity (Wildman–Crippen MR) is 112 cm³/mol. The summed E-state index contributed by atoms with van der Waals surface area (Å²) in [7, 11) is 0. The third-order valence-electron chi connectivity index (χ3n) is 5.06. The van der Waals surface area contributed by atoms with Crippen molar-refractivity contribution in [1.29, 1.82) is 0 Å². The van der Waals surface area contributed by atoms with Crippen molar-refractivity contribution in [2.45, 2.75) is 45.1 Å². The second-order valence-corrected chi connectivity index (χ2v) is 7.53. The molecule has 0 saturated carbocycles. The Bertz CT molecular complexity index is 683. The van der Waals surface area contributed by atoms with E-state index in [-0.39, 0.29) is 6.10 Å². The molecule has 2 aromatic carbocycles. The Morgan fingerprint density at radius 3 is 2.44 bits per heavy atom. The first-order valence-electron chi connectivity index (χ1n) is 10.1. The lowest BCUT2D eigenvalue weighted by Crippen LogP contribution is -2.31. The minimum atomic E-state index is -0.0157. The van der Waals surface area contributed by atoms with Crippen LogP contribution in [0.15, 0.2) is 48.5 Å². The van der Waals surface area contributed by atoms with Gasteiger partial charge in [-0.3, -0.25) is 0 Å². The molecule has 146 valence electrons. The molecular formula is C23H30ClNO2. The minimum Gasteiger partial charge on any atom is -0.494 e. The predicted octanol–water partition coefficient (Wildman–Crippen LogP) is 6.12. The van der Waals surface area contributed by atoms with Crippen molar-refractivity contribution in [3.8, 4) is 11.5 Å². The van der Waals surface area contributed by atoms with Gasteiger partial charge in [-0.25, -0.2) is 0 Å². The van der Waals surface area contributed by atoms with Crippen molar-refractivity contribution in [3.05, 3.63) is 59.1 Å². The maximum Gasteiger partial charge on any atom is 0.138 e. The van der Waals surface area contributed by atoms with Gasteiger partial charge in [0.05, 0.1) is 11.6 Å². The first kappa shape index (κ1) is 20.0. The van der Waals surface area contributed by atoms with Gasteiger partial charge in [0.25, 0.3) is 0 Å². The summed E-state index contributed by atoms with van der Waals surface area (Å²) in [5.41, 5.74) is 1.14. The standard InChI is InChI=1S/C23H30ClNO2/c1-2-22(27-23-10-5-4-9-21(23)24)19-11-13-20(14-12-19)26-18-8-17-25-15-6-3-7-16-25/h4-5,9-14,22H,2-3,6-8,15-18H2,1H3. The van der Waals surface area contributed by atoms with E-state index in [9.17, 15) is 0 Å². The van der Waals surface area contributed by atoms with Crippen molar-refractivity contribution in [3.63, 3.8) is 0 Å². The Morgan fingerprint density at radius 2 is 1.74 bits per heavy atom. The third-order valence-corrected chi connectivity index (χ3v) is 5.38. The van der Waals surface area contributed by atoms with Crippen LogP contribution in [0.4, 0.5) is 0 Å². The molecule has 2 aromatic rings. The molecule has 1 aliphatic heterocycles. The van der Waals surface area contributed by atoms with E-state index in [0.717, 1.165) is 43.1 Å². The normalized spacial score (nSPS) is 16.1. The van der Waals surface area contributed by atoms with E-state index in [0.29, 0.717) is 5.02 Å². The molecule has 3 rings (SSSR count). The summed E-state index contributed by atoms with van der Waals surface area (Å²) >= 11 is 6.22. The molecule has 0 bridgehead atoms. The quantitative estimate of drug-likeness (QED) is 0.483. The summed E-state index contributed by atoms with van der Waals surface area (Å²) in [5, 5.41) is 0.643. The molecule has 3 nitrogen and oxygen atoms in total. The molecule has 27 heavy (non-hydrogen) atoms. The summed E-state index contributed by atoms with van der Waals surface area (Å²) in [5.74, 6) is 1.65. The van der Waals surface area contributed by atoms with Crippen molar-refractivity contribution in [2.24, 2.45) is 0 Å². The van der Waals surface area contributed by atoms with Gasteiger partial charge in [0.2, 0.25) is 0 Å². The molecule has 0 N–H and O–H groups in total. The van der Waals surface area contributed by atoms with Crippen LogP contribution in [0, 0.1) is 0 Å². The number of ether oxygens (including phenoxy) is 2. The van der Waals surface area contributed by atoms with Gasteiger partial charge in [-0.1, -0.05) is 49.2 Å². The van der Waals surface area contributed by atoms with Crippen LogP contribution < -0.4 is 9.47 Å². The second-order valence-electron chi connectivity index (χ2n) is 7.12. The fraction of sp³-hybridized carbons (Fsp3) is 0.478. The molecule has 1 fully saturated rings. The number of hydrogen-bond donors (Lipinski definition) is 0. The van der Waals surface area contributed by atoms with E-state index in [1.54, 1.807) is 0 Å². The van der Waals surface area contributed by atoms with Crippen molar-refractivity contribution < 1.29 is 9.47 Å². The maximum atomic E-state index is 6.22. The lowest BCUT2D eigenvalue weighted by molar-refractivity contribution is 0.200. The largest absolute Gasteiger partial charge is 0.494 e. The zero-order chi connectivity index (χ0) is 18.9. The van der Waals surface area contributed by atoms with Crippen LogP contribution in [-0.2, 0) is 0 Å². The Morgan fingerprint density at radius 1 is 1.00 bits per heavy atom. The van der Waals surface area contributed by atoms with Crippen LogP contribution in [0.3, 0.4) is 0 Å². The van der Waals surface area contributed by atoms with Crippen LogP contribution >= 0.6 is 11.6 Å². The van der Waals surface area contributed by atoms with Gasteiger partial charge in [0.1, 0.15) is 17.6 Å². The number of hydrogen-bond acceptors (Lipinski definition) is 3. The topological polar surface area (TPSA) is 21.7 Å². The monoisotopic (exact) mass is 387 g/mol. The molecular weight excluding hydrogens is 358 g/mol. The van der Waals surface area contributed by atoms with Crippen molar-refractivity contribution in [1.82, 2.24) is 4.90 Å². The molecule has 1 saturated heterocycles. The number of para-hydroxylation sites is 1. The van der Waals surface area contributed by atoms with E-state index >= 15 is 0 Å². The molecule has 0 aliphatic carbocycles. The first-order valence-corrected chi connectivity index (χ1v) is 10.5. The highest BCUT2D eigenvalue weighted by Crippen LogP contribution is 2.31. The lowest BCUT2D eigenvalue weighted by Gasteiger charge is -2.26. The summed E-state index contributed by atoms with van der Waals surface area (Å²) in [6.07, 6.45) is 6.01. The summed E-state index contributed by atoms with van der Waals surface area (Å²) in [6, 6.07) is 15.9. The molecule has 0 radical (unpaired) electrons. The Hall–Kier alpha value is -1.71. The van der Waals surface area contributed by atoms with Crippen LogP contribution in [0.1, 0.15) is 50.7 Å². The van der Waals surface area contributed by atoms with E-state index in [4.69, 9.17) is 21.1 Å². The highest BCUT2D eigenvalue weighted by atomic mass is 35.5. The molecule has 1 unspecified atom stereocenters. The molecule has 0 spiro atoms. The van der Waals surface area contributed by atoms with Gasteiger partial charge in [0.15, 0.2) is 0 Å². The summed E-state index contributed by atoms with van der Waals surface area (Å²) < 4.78 is 12.0. The molecule has 1 heterocycles. The van der Waals surface area contributed by atoms with E-state index in [2.05, 4.69) is 24.0 Å². The Labute approximate surface area is 168 Å². The van der Waals surface area contributed by atoms with Crippen LogP contribution in [0.5, 0.6) is 11.5 Å². The van der Waals surface area contributed by atoms with Gasteiger partial charge in [-0.2, -0.15) is 0 Å². The number of piperidine rings is 1. The molecule has 0 aromatic heterocycles. The van der Waals surface area contributed by atoms with E-state index in [1.165, 1.54) is 32.4 Å². The smallest absolute Gasteiger partial charge is 0.138 e. The zero-order valence-corrected chi connectivity index (χ0v) is 17.0.